The van der Waals surface area contributed by atoms with E-state index in [9.17, 15) is 10.1 Å². The minimum atomic E-state index is -0.436. The number of anilines is 1. The highest BCUT2D eigenvalue weighted by atomic mass is 16.6. The Labute approximate surface area is 121 Å². The van der Waals surface area contributed by atoms with Crippen molar-refractivity contribution in [2.75, 3.05) is 11.9 Å². The number of rotatable bonds is 5. The van der Waals surface area contributed by atoms with Crippen LogP contribution in [-0.2, 0) is 19.4 Å². The van der Waals surface area contributed by atoms with Gasteiger partial charge in [0, 0.05) is 38.2 Å². The van der Waals surface area contributed by atoms with Crippen molar-refractivity contribution >= 4 is 11.5 Å². The van der Waals surface area contributed by atoms with Gasteiger partial charge in [0.25, 0.3) is 0 Å². The quantitative estimate of drug-likeness (QED) is 0.662. The zero-order valence-electron chi connectivity index (χ0n) is 11.5. The van der Waals surface area contributed by atoms with E-state index >= 15 is 0 Å². The Morgan fingerprint density at radius 3 is 3.14 bits per heavy atom. The Morgan fingerprint density at radius 2 is 2.29 bits per heavy atom. The molecule has 2 aromatic heterocycles. The van der Waals surface area contributed by atoms with E-state index in [0.717, 1.165) is 37.5 Å². The summed E-state index contributed by atoms with van der Waals surface area (Å²) in [6.07, 6.45) is 5.49. The highest BCUT2D eigenvalue weighted by Gasteiger charge is 2.16. The summed E-state index contributed by atoms with van der Waals surface area (Å²) in [4.78, 5) is 14.5. The third-order valence-corrected chi connectivity index (χ3v) is 3.56. The molecule has 0 atom stereocenters. The van der Waals surface area contributed by atoms with Crippen LogP contribution in [-0.4, -0.2) is 31.2 Å². The first-order valence-electron chi connectivity index (χ1n) is 7.00. The fourth-order valence-corrected chi connectivity index (χ4v) is 2.53. The lowest BCUT2D eigenvalue weighted by Gasteiger charge is -2.14. The average molecular weight is 288 g/mol. The molecule has 0 radical (unpaired) electrons. The third kappa shape index (κ3) is 2.83. The minimum Gasteiger partial charge on any atom is -0.364 e. The number of hydrogen-bond donors (Lipinski definition) is 1. The monoisotopic (exact) mass is 288 g/mol. The van der Waals surface area contributed by atoms with Crippen LogP contribution in [0.2, 0.25) is 0 Å². The normalized spacial score (nSPS) is 13.7. The molecule has 1 aliphatic rings. The second kappa shape index (κ2) is 5.86. The summed E-state index contributed by atoms with van der Waals surface area (Å²) in [5, 5.41) is 22.3. The molecule has 21 heavy (non-hydrogen) atoms. The van der Waals surface area contributed by atoms with Gasteiger partial charge in [0.2, 0.25) is 5.82 Å². The summed E-state index contributed by atoms with van der Waals surface area (Å²) in [6, 6.07) is 2.99. The lowest BCUT2D eigenvalue weighted by atomic mass is 10.1. The highest BCUT2D eigenvalue weighted by Crippen LogP contribution is 2.20. The lowest BCUT2D eigenvalue weighted by molar-refractivity contribution is -0.384. The highest BCUT2D eigenvalue weighted by molar-refractivity contribution is 5.54. The van der Waals surface area contributed by atoms with Gasteiger partial charge in [-0.25, -0.2) is 4.98 Å². The van der Waals surface area contributed by atoms with Crippen LogP contribution < -0.4 is 5.32 Å². The van der Waals surface area contributed by atoms with Crippen LogP contribution in [0.25, 0.3) is 0 Å². The first kappa shape index (κ1) is 13.5. The minimum absolute atomic E-state index is 0.0132. The molecule has 0 unspecified atom stereocenters. The van der Waals surface area contributed by atoms with E-state index in [1.807, 2.05) is 0 Å². The summed E-state index contributed by atoms with van der Waals surface area (Å²) in [5.74, 6) is 2.26. The Balaban J connectivity index is 1.64. The van der Waals surface area contributed by atoms with Crippen LogP contribution in [0, 0.1) is 10.1 Å². The Bertz CT molecular complexity index is 654. The molecule has 0 saturated carbocycles. The first-order valence-corrected chi connectivity index (χ1v) is 7.00. The molecule has 0 saturated heterocycles. The molecule has 3 rings (SSSR count). The SMILES string of the molecule is O=[N+]([O-])c1cccnc1NCCc1nnc2n1CCCC2. The summed E-state index contributed by atoms with van der Waals surface area (Å²) in [6.45, 7) is 1.50. The molecule has 0 fully saturated rings. The standard InChI is InChI=1S/C13H16N6O2/c20-19(21)10-4-3-7-14-13(10)15-8-6-12-17-16-11-5-1-2-9-18(11)12/h3-4,7H,1-2,5-6,8-9H2,(H,14,15). The first-order chi connectivity index (χ1) is 10.3. The van der Waals surface area contributed by atoms with Crippen molar-refractivity contribution < 1.29 is 4.92 Å². The van der Waals surface area contributed by atoms with Crippen molar-refractivity contribution in [1.29, 1.82) is 0 Å². The number of aryl methyl sites for hydroxylation is 1. The second-order valence-electron chi connectivity index (χ2n) is 4.95. The fourth-order valence-electron chi connectivity index (χ4n) is 2.53. The molecule has 2 aromatic rings. The van der Waals surface area contributed by atoms with Gasteiger partial charge in [-0.2, -0.15) is 0 Å². The van der Waals surface area contributed by atoms with Crippen LogP contribution in [0.3, 0.4) is 0 Å². The van der Waals surface area contributed by atoms with Crippen LogP contribution in [0.5, 0.6) is 0 Å². The molecule has 0 amide bonds. The van der Waals surface area contributed by atoms with E-state index in [-0.39, 0.29) is 5.69 Å². The summed E-state index contributed by atoms with van der Waals surface area (Å²) < 4.78 is 2.15. The van der Waals surface area contributed by atoms with Crippen molar-refractivity contribution in [3.63, 3.8) is 0 Å². The number of hydrogen-bond acceptors (Lipinski definition) is 6. The van der Waals surface area contributed by atoms with Crippen molar-refractivity contribution in [2.45, 2.75) is 32.2 Å². The van der Waals surface area contributed by atoms with Crippen molar-refractivity contribution in [1.82, 2.24) is 19.7 Å². The molecule has 0 aliphatic carbocycles. The third-order valence-electron chi connectivity index (χ3n) is 3.56. The number of pyridine rings is 1. The molecular formula is C13H16N6O2. The van der Waals surface area contributed by atoms with Gasteiger partial charge in [-0.3, -0.25) is 10.1 Å². The van der Waals surface area contributed by atoms with Gasteiger partial charge < -0.3 is 9.88 Å². The zero-order valence-corrected chi connectivity index (χ0v) is 11.5. The number of nitro groups is 1. The smallest absolute Gasteiger partial charge is 0.311 e. The van der Waals surface area contributed by atoms with Gasteiger partial charge in [-0.15, -0.1) is 10.2 Å². The van der Waals surface area contributed by atoms with Crippen LogP contribution in [0.1, 0.15) is 24.5 Å². The van der Waals surface area contributed by atoms with E-state index in [0.29, 0.717) is 18.8 Å². The molecular weight excluding hydrogens is 272 g/mol. The van der Waals surface area contributed by atoms with Gasteiger partial charge in [0.15, 0.2) is 0 Å². The number of aromatic nitrogens is 4. The maximum absolute atomic E-state index is 10.9. The van der Waals surface area contributed by atoms with Crippen LogP contribution in [0.15, 0.2) is 18.3 Å². The summed E-state index contributed by atoms with van der Waals surface area (Å²) in [5.41, 5.74) is -0.0132. The van der Waals surface area contributed by atoms with Gasteiger partial charge in [0.1, 0.15) is 11.6 Å². The fraction of sp³-hybridized carbons (Fsp3) is 0.462. The average Bonchev–Trinajstić information content (AvgIpc) is 2.91. The van der Waals surface area contributed by atoms with E-state index < -0.39 is 4.92 Å². The Hall–Kier alpha value is -2.51. The predicted octanol–water partition coefficient (Wildman–Crippen LogP) is 1.57. The molecule has 1 aliphatic heterocycles. The molecule has 0 bridgehead atoms. The van der Waals surface area contributed by atoms with Gasteiger partial charge in [-0.1, -0.05) is 0 Å². The van der Waals surface area contributed by atoms with E-state index in [2.05, 4.69) is 25.1 Å². The zero-order chi connectivity index (χ0) is 14.7. The summed E-state index contributed by atoms with van der Waals surface area (Å²) >= 11 is 0. The van der Waals surface area contributed by atoms with Crippen molar-refractivity contribution in [3.8, 4) is 0 Å². The maximum atomic E-state index is 10.9. The van der Waals surface area contributed by atoms with E-state index in [4.69, 9.17) is 0 Å². The molecule has 8 heteroatoms. The molecule has 110 valence electrons. The number of nitrogens with one attached hydrogen (secondary N) is 1. The van der Waals surface area contributed by atoms with Crippen molar-refractivity contribution in [2.24, 2.45) is 0 Å². The van der Waals surface area contributed by atoms with Crippen LogP contribution >= 0.6 is 0 Å². The lowest BCUT2D eigenvalue weighted by Crippen LogP contribution is -2.16. The van der Waals surface area contributed by atoms with Crippen molar-refractivity contribution in [3.05, 3.63) is 40.1 Å². The summed E-state index contributed by atoms with van der Waals surface area (Å²) in [7, 11) is 0. The molecule has 3 heterocycles. The van der Waals surface area contributed by atoms with Gasteiger partial charge in [0.05, 0.1) is 4.92 Å². The Morgan fingerprint density at radius 1 is 1.38 bits per heavy atom. The van der Waals surface area contributed by atoms with E-state index in [1.165, 1.54) is 12.3 Å². The van der Waals surface area contributed by atoms with Gasteiger partial charge in [-0.05, 0) is 18.9 Å². The Kier molecular flexibility index (Phi) is 3.76. The molecule has 1 N–H and O–H groups in total. The maximum Gasteiger partial charge on any atom is 0.311 e. The van der Waals surface area contributed by atoms with E-state index in [1.54, 1.807) is 6.07 Å². The van der Waals surface area contributed by atoms with Gasteiger partial charge >= 0.3 is 5.69 Å². The molecule has 0 spiro atoms. The largest absolute Gasteiger partial charge is 0.364 e. The van der Waals surface area contributed by atoms with Crippen LogP contribution in [0.4, 0.5) is 11.5 Å². The molecule has 8 nitrogen and oxygen atoms in total. The number of nitrogens with zero attached hydrogens (tertiary/aromatic N) is 5. The number of fused-ring (bicyclic) bond motifs is 1. The molecule has 0 aromatic carbocycles. The topological polar surface area (TPSA) is 98.8 Å². The predicted molar refractivity (Wildman–Crippen MR) is 76.0 cm³/mol. The second-order valence-corrected chi connectivity index (χ2v) is 4.95.